The van der Waals surface area contributed by atoms with Crippen molar-refractivity contribution in [2.75, 3.05) is 5.32 Å². The predicted octanol–water partition coefficient (Wildman–Crippen LogP) is 5.76. The fraction of sp³-hybridized carbons (Fsp3) is 0.200. The van der Waals surface area contributed by atoms with Crippen molar-refractivity contribution in [1.82, 2.24) is 15.0 Å². The lowest BCUT2D eigenvalue weighted by atomic mass is 10.0. The first-order chi connectivity index (χ1) is 15.7. The average molecular weight is 462 g/mol. The van der Waals surface area contributed by atoms with E-state index < -0.39 is 17.5 Å². The lowest BCUT2D eigenvalue weighted by Crippen LogP contribution is -2.19. The monoisotopic (exact) mass is 461 g/mol. The number of rotatable bonds is 5. The van der Waals surface area contributed by atoms with Crippen molar-refractivity contribution in [3.8, 4) is 17.2 Å². The molecule has 33 heavy (non-hydrogen) atoms. The summed E-state index contributed by atoms with van der Waals surface area (Å²) in [6.07, 6.45) is 4.85. The smallest absolute Gasteiger partial charge is 0.159 e. The van der Waals surface area contributed by atoms with E-state index in [4.69, 9.17) is 16.9 Å². The summed E-state index contributed by atoms with van der Waals surface area (Å²) in [6.45, 7) is 5.05. The van der Waals surface area contributed by atoms with Gasteiger partial charge in [-0.1, -0.05) is 17.7 Å². The number of nitrogens with zero attached hydrogens (tertiary/aromatic N) is 4. The molecular weight excluding hydrogens is 441 g/mol. The summed E-state index contributed by atoms with van der Waals surface area (Å²) in [4.78, 5) is 12.9. The molecule has 1 unspecified atom stereocenters. The fourth-order valence-electron chi connectivity index (χ4n) is 3.53. The normalized spacial score (nSPS) is 12.4. The summed E-state index contributed by atoms with van der Waals surface area (Å²) in [7, 11) is 0. The SMILES string of the molecule is CC(Nc1c(Cl)cnc2ccc(-c3cnc(C(C)(C)O)nc3)cc12)c1cc(C#N)ccc1F. The van der Waals surface area contributed by atoms with Crippen molar-refractivity contribution in [3.05, 3.63) is 82.8 Å². The highest BCUT2D eigenvalue weighted by atomic mass is 35.5. The molecule has 0 saturated heterocycles. The van der Waals surface area contributed by atoms with E-state index in [0.29, 0.717) is 33.2 Å². The van der Waals surface area contributed by atoms with Crippen molar-refractivity contribution in [2.45, 2.75) is 32.4 Å². The number of hydrogen-bond donors (Lipinski definition) is 2. The van der Waals surface area contributed by atoms with Gasteiger partial charge in [-0.3, -0.25) is 4.98 Å². The first kappa shape index (κ1) is 22.6. The Morgan fingerprint density at radius 3 is 2.45 bits per heavy atom. The van der Waals surface area contributed by atoms with E-state index in [1.807, 2.05) is 24.3 Å². The number of nitrogens with one attached hydrogen (secondary N) is 1. The molecule has 4 aromatic rings. The summed E-state index contributed by atoms with van der Waals surface area (Å²) in [5.41, 5.74) is 2.51. The van der Waals surface area contributed by atoms with Gasteiger partial charge in [0.2, 0.25) is 0 Å². The van der Waals surface area contributed by atoms with E-state index in [-0.39, 0.29) is 0 Å². The molecule has 1 atom stereocenters. The largest absolute Gasteiger partial charge is 0.382 e. The first-order valence-electron chi connectivity index (χ1n) is 10.3. The molecule has 0 aliphatic heterocycles. The van der Waals surface area contributed by atoms with Crippen LogP contribution < -0.4 is 5.32 Å². The second-order valence-electron chi connectivity index (χ2n) is 8.28. The highest BCUT2D eigenvalue weighted by Crippen LogP contribution is 2.35. The standard InChI is InChI=1S/C25H21ClFN5O/c1-14(18-8-15(10-28)4-6-21(18)27)32-23-19-9-16(5-7-22(19)29-13-20(23)26)17-11-30-24(31-12-17)25(2,3)33/h4-9,11-14,33H,1-3H3,(H,29,32). The number of fused-ring (bicyclic) bond motifs is 1. The Morgan fingerprint density at radius 2 is 1.79 bits per heavy atom. The van der Waals surface area contributed by atoms with Crippen LogP contribution in [0.5, 0.6) is 0 Å². The van der Waals surface area contributed by atoms with Crippen LogP contribution in [0, 0.1) is 17.1 Å². The van der Waals surface area contributed by atoms with Gasteiger partial charge in [0.1, 0.15) is 11.4 Å². The van der Waals surface area contributed by atoms with E-state index in [9.17, 15) is 9.50 Å². The average Bonchev–Trinajstić information content (AvgIpc) is 2.80. The lowest BCUT2D eigenvalue weighted by molar-refractivity contribution is 0.0687. The van der Waals surface area contributed by atoms with Crippen LogP contribution in [-0.2, 0) is 5.60 Å². The molecule has 2 heterocycles. The van der Waals surface area contributed by atoms with Crippen molar-refractivity contribution >= 4 is 28.2 Å². The molecule has 0 fully saturated rings. The van der Waals surface area contributed by atoms with E-state index in [1.54, 1.807) is 39.4 Å². The van der Waals surface area contributed by atoms with Crippen LogP contribution in [0.15, 0.2) is 55.0 Å². The van der Waals surface area contributed by atoms with Crippen LogP contribution in [0.2, 0.25) is 5.02 Å². The Morgan fingerprint density at radius 1 is 1.06 bits per heavy atom. The van der Waals surface area contributed by atoms with Gasteiger partial charge in [0.25, 0.3) is 0 Å². The number of pyridine rings is 1. The summed E-state index contributed by atoms with van der Waals surface area (Å²) < 4.78 is 14.4. The molecule has 2 N–H and O–H groups in total. The molecule has 4 rings (SSSR count). The third-order valence-corrected chi connectivity index (χ3v) is 5.59. The van der Waals surface area contributed by atoms with Crippen LogP contribution in [-0.4, -0.2) is 20.1 Å². The Kier molecular flexibility index (Phi) is 5.98. The molecule has 0 bridgehead atoms. The van der Waals surface area contributed by atoms with Gasteiger partial charge in [0.05, 0.1) is 33.9 Å². The highest BCUT2D eigenvalue weighted by molar-refractivity contribution is 6.34. The van der Waals surface area contributed by atoms with Crippen molar-refractivity contribution in [1.29, 1.82) is 5.26 Å². The highest BCUT2D eigenvalue weighted by Gasteiger charge is 2.20. The maximum absolute atomic E-state index is 14.4. The van der Waals surface area contributed by atoms with Crippen LogP contribution in [0.3, 0.4) is 0 Å². The van der Waals surface area contributed by atoms with Gasteiger partial charge in [0.15, 0.2) is 5.82 Å². The summed E-state index contributed by atoms with van der Waals surface area (Å²) in [5.74, 6) is -0.0808. The topological polar surface area (TPSA) is 94.7 Å². The Hall–Kier alpha value is -3.60. The molecule has 0 saturated carbocycles. The first-order valence-corrected chi connectivity index (χ1v) is 10.6. The van der Waals surface area contributed by atoms with Crippen LogP contribution in [0.25, 0.3) is 22.0 Å². The number of nitriles is 1. The van der Waals surface area contributed by atoms with Gasteiger partial charge in [-0.15, -0.1) is 0 Å². The van der Waals surface area contributed by atoms with Crippen molar-refractivity contribution < 1.29 is 9.50 Å². The number of benzene rings is 2. The second-order valence-corrected chi connectivity index (χ2v) is 8.69. The summed E-state index contributed by atoms with van der Waals surface area (Å²) in [5, 5.41) is 23.7. The third-order valence-electron chi connectivity index (χ3n) is 5.31. The maximum Gasteiger partial charge on any atom is 0.159 e. The molecule has 2 aromatic carbocycles. The Bertz CT molecular complexity index is 1380. The van der Waals surface area contributed by atoms with Crippen LogP contribution in [0.4, 0.5) is 10.1 Å². The summed E-state index contributed by atoms with van der Waals surface area (Å²) >= 11 is 6.48. The quantitative estimate of drug-likeness (QED) is 0.392. The minimum Gasteiger partial charge on any atom is -0.382 e. The van der Waals surface area contributed by atoms with Gasteiger partial charge in [-0.05, 0) is 56.7 Å². The molecule has 0 aliphatic carbocycles. The fourth-order valence-corrected chi connectivity index (χ4v) is 3.73. The maximum atomic E-state index is 14.4. The lowest BCUT2D eigenvalue weighted by Gasteiger charge is -2.19. The zero-order chi connectivity index (χ0) is 23.8. The molecule has 2 aromatic heterocycles. The molecule has 166 valence electrons. The predicted molar refractivity (Wildman–Crippen MR) is 126 cm³/mol. The Balaban J connectivity index is 1.75. The molecule has 8 heteroatoms. The third kappa shape index (κ3) is 4.63. The molecular formula is C25H21ClFN5O. The van der Waals surface area contributed by atoms with Gasteiger partial charge in [-0.2, -0.15) is 5.26 Å². The van der Waals surface area contributed by atoms with E-state index in [2.05, 4.69) is 20.3 Å². The van der Waals surface area contributed by atoms with Crippen LogP contribution >= 0.6 is 11.6 Å². The van der Waals surface area contributed by atoms with Gasteiger partial charge in [0, 0.05) is 35.1 Å². The number of aliphatic hydroxyl groups is 1. The van der Waals surface area contributed by atoms with Crippen molar-refractivity contribution in [3.63, 3.8) is 0 Å². The minimum absolute atomic E-state index is 0.328. The number of anilines is 1. The minimum atomic E-state index is -1.13. The van der Waals surface area contributed by atoms with Crippen molar-refractivity contribution in [2.24, 2.45) is 0 Å². The number of halogens is 2. The van der Waals surface area contributed by atoms with Crippen LogP contribution in [0.1, 0.15) is 43.8 Å². The van der Waals surface area contributed by atoms with Gasteiger partial charge in [-0.25, -0.2) is 14.4 Å². The van der Waals surface area contributed by atoms with E-state index in [0.717, 1.165) is 16.5 Å². The summed E-state index contributed by atoms with van der Waals surface area (Å²) in [6, 6.07) is 11.5. The Labute approximate surface area is 195 Å². The van der Waals surface area contributed by atoms with E-state index in [1.165, 1.54) is 18.2 Å². The van der Waals surface area contributed by atoms with Gasteiger partial charge >= 0.3 is 0 Å². The second kappa shape index (κ2) is 8.74. The molecule has 0 radical (unpaired) electrons. The molecule has 0 amide bonds. The molecule has 0 spiro atoms. The zero-order valence-electron chi connectivity index (χ0n) is 18.3. The van der Waals surface area contributed by atoms with Gasteiger partial charge < -0.3 is 10.4 Å². The van der Waals surface area contributed by atoms with E-state index >= 15 is 0 Å². The molecule has 6 nitrogen and oxygen atoms in total. The number of hydrogen-bond acceptors (Lipinski definition) is 6. The number of aromatic nitrogens is 3. The zero-order valence-corrected chi connectivity index (χ0v) is 19.0. The molecule has 0 aliphatic rings.